The molecular weight excluding hydrogens is 263 g/mol. The van der Waals surface area contributed by atoms with Gasteiger partial charge >= 0.3 is 5.69 Å². The molecule has 0 amide bonds. The molecule has 0 unspecified atom stereocenters. The first-order valence-electron chi connectivity index (χ1n) is 6.79. The van der Waals surface area contributed by atoms with Gasteiger partial charge in [0.15, 0.2) is 0 Å². The molecule has 0 radical (unpaired) electrons. The van der Waals surface area contributed by atoms with Crippen LogP contribution >= 0.6 is 0 Å². The molecule has 6 nitrogen and oxygen atoms in total. The number of piperazine rings is 1. The van der Waals surface area contributed by atoms with E-state index < -0.39 is 16.4 Å². The van der Waals surface area contributed by atoms with Crippen LogP contribution in [-0.2, 0) is 0 Å². The SMILES string of the molecule is O=[N+]([O-])c1c(F)cccc1N1CC(N2CCNCC2)C1. The van der Waals surface area contributed by atoms with Crippen molar-refractivity contribution >= 4 is 11.4 Å². The second kappa shape index (κ2) is 5.34. The first-order valence-corrected chi connectivity index (χ1v) is 6.79. The van der Waals surface area contributed by atoms with Gasteiger partial charge < -0.3 is 10.2 Å². The van der Waals surface area contributed by atoms with Crippen LogP contribution in [-0.4, -0.2) is 55.1 Å². The summed E-state index contributed by atoms with van der Waals surface area (Å²) in [5.74, 6) is -0.766. The van der Waals surface area contributed by atoms with Crippen LogP contribution in [0.15, 0.2) is 18.2 Å². The second-order valence-electron chi connectivity index (χ2n) is 5.21. The monoisotopic (exact) mass is 280 g/mol. The minimum atomic E-state index is -0.766. The fraction of sp³-hybridized carbons (Fsp3) is 0.538. The number of rotatable bonds is 3. The van der Waals surface area contributed by atoms with Crippen molar-refractivity contribution in [3.05, 3.63) is 34.1 Å². The number of anilines is 1. The van der Waals surface area contributed by atoms with Crippen molar-refractivity contribution in [2.75, 3.05) is 44.2 Å². The van der Waals surface area contributed by atoms with E-state index in [1.54, 1.807) is 6.07 Å². The zero-order chi connectivity index (χ0) is 14.1. The molecule has 7 heteroatoms. The minimum absolute atomic E-state index is 0.390. The van der Waals surface area contributed by atoms with E-state index in [0.29, 0.717) is 11.7 Å². The summed E-state index contributed by atoms with van der Waals surface area (Å²) in [6.07, 6.45) is 0. The molecule has 2 saturated heterocycles. The van der Waals surface area contributed by atoms with Gasteiger partial charge in [-0.3, -0.25) is 15.0 Å². The molecule has 20 heavy (non-hydrogen) atoms. The number of halogens is 1. The third-order valence-corrected chi connectivity index (χ3v) is 4.02. The molecule has 0 bridgehead atoms. The Kier molecular flexibility index (Phi) is 3.54. The predicted octanol–water partition coefficient (Wildman–Crippen LogP) is 0.828. The number of hydrogen-bond donors (Lipinski definition) is 1. The van der Waals surface area contributed by atoms with Crippen LogP contribution in [0.4, 0.5) is 15.8 Å². The highest BCUT2D eigenvalue weighted by molar-refractivity contribution is 5.65. The molecule has 1 N–H and O–H groups in total. The van der Waals surface area contributed by atoms with Crippen LogP contribution in [0, 0.1) is 15.9 Å². The second-order valence-corrected chi connectivity index (χ2v) is 5.21. The molecule has 2 heterocycles. The predicted molar refractivity (Wildman–Crippen MR) is 73.5 cm³/mol. The summed E-state index contributed by atoms with van der Waals surface area (Å²) < 4.78 is 13.6. The Morgan fingerprint density at radius 3 is 2.65 bits per heavy atom. The van der Waals surface area contributed by atoms with Gasteiger partial charge in [-0.2, -0.15) is 4.39 Å². The van der Waals surface area contributed by atoms with Gasteiger partial charge in [-0.15, -0.1) is 0 Å². The number of hydrogen-bond acceptors (Lipinski definition) is 5. The van der Waals surface area contributed by atoms with Crippen LogP contribution in [0.2, 0.25) is 0 Å². The summed E-state index contributed by atoms with van der Waals surface area (Å²) >= 11 is 0. The fourth-order valence-electron chi connectivity index (χ4n) is 2.87. The Balaban J connectivity index is 1.70. The van der Waals surface area contributed by atoms with Crippen LogP contribution in [0.3, 0.4) is 0 Å². The summed E-state index contributed by atoms with van der Waals surface area (Å²) in [7, 11) is 0. The lowest BCUT2D eigenvalue weighted by Crippen LogP contribution is -2.63. The van der Waals surface area contributed by atoms with Gasteiger partial charge in [0.1, 0.15) is 5.69 Å². The summed E-state index contributed by atoms with van der Waals surface area (Å²) in [6.45, 7) is 5.43. The van der Waals surface area contributed by atoms with Crippen molar-refractivity contribution < 1.29 is 9.31 Å². The molecule has 3 rings (SSSR count). The average molecular weight is 280 g/mol. The molecule has 0 saturated carbocycles. The zero-order valence-corrected chi connectivity index (χ0v) is 11.1. The van der Waals surface area contributed by atoms with Crippen molar-refractivity contribution in [1.29, 1.82) is 0 Å². The third-order valence-electron chi connectivity index (χ3n) is 4.02. The molecule has 108 valence electrons. The average Bonchev–Trinajstić information content (AvgIpc) is 2.38. The first kappa shape index (κ1) is 13.3. The van der Waals surface area contributed by atoms with Crippen LogP contribution < -0.4 is 10.2 Å². The van der Waals surface area contributed by atoms with E-state index in [1.807, 2.05) is 4.90 Å². The van der Waals surface area contributed by atoms with E-state index in [-0.39, 0.29) is 0 Å². The number of nitro groups is 1. The Morgan fingerprint density at radius 1 is 1.30 bits per heavy atom. The maximum atomic E-state index is 13.6. The lowest BCUT2D eigenvalue weighted by molar-refractivity contribution is -0.386. The summed E-state index contributed by atoms with van der Waals surface area (Å²) in [5, 5.41) is 14.3. The summed E-state index contributed by atoms with van der Waals surface area (Å²) in [6, 6.07) is 4.69. The number of nitrogens with one attached hydrogen (secondary N) is 1. The van der Waals surface area contributed by atoms with E-state index in [0.717, 1.165) is 45.3 Å². The number of nitro benzene ring substituents is 1. The standard InChI is InChI=1S/C13H17FN4O2/c14-11-2-1-3-12(13(11)18(19)20)17-8-10(9-17)16-6-4-15-5-7-16/h1-3,10,15H,4-9H2. The highest BCUT2D eigenvalue weighted by Crippen LogP contribution is 2.34. The Hall–Kier alpha value is -1.73. The van der Waals surface area contributed by atoms with Crippen LogP contribution in [0.1, 0.15) is 0 Å². The third kappa shape index (κ3) is 2.34. The fourth-order valence-corrected chi connectivity index (χ4v) is 2.87. The van der Waals surface area contributed by atoms with E-state index >= 15 is 0 Å². The molecule has 0 spiro atoms. The van der Waals surface area contributed by atoms with Gasteiger partial charge in [0.05, 0.1) is 4.92 Å². The summed E-state index contributed by atoms with van der Waals surface area (Å²) in [5.41, 5.74) is -0.0207. The smallest absolute Gasteiger partial charge is 0.327 e. The maximum absolute atomic E-state index is 13.6. The van der Waals surface area contributed by atoms with Gasteiger partial charge in [0, 0.05) is 45.3 Å². The molecular formula is C13H17FN4O2. The zero-order valence-electron chi connectivity index (χ0n) is 11.1. The number of benzene rings is 1. The highest BCUT2D eigenvalue weighted by atomic mass is 19.1. The topological polar surface area (TPSA) is 61.7 Å². The Bertz CT molecular complexity index is 513. The first-order chi connectivity index (χ1) is 9.66. The molecule has 0 aliphatic carbocycles. The van der Waals surface area contributed by atoms with Gasteiger partial charge in [0.2, 0.25) is 5.82 Å². The number of nitrogens with zero attached hydrogens (tertiary/aromatic N) is 3. The summed E-state index contributed by atoms with van der Waals surface area (Å²) in [4.78, 5) is 14.6. The quantitative estimate of drug-likeness (QED) is 0.656. The van der Waals surface area contributed by atoms with Gasteiger partial charge in [-0.1, -0.05) is 6.07 Å². The lowest BCUT2D eigenvalue weighted by atomic mass is 10.0. The highest BCUT2D eigenvalue weighted by Gasteiger charge is 2.36. The van der Waals surface area contributed by atoms with E-state index in [2.05, 4.69) is 10.2 Å². The van der Waals surface area contributed by atoms with Crippen molar-refractivity contribution in [2.24, 2.45) is 0 Å². The van der Waals surface area contributed by atoms with Gasteiger partial charge in [0.25, 0.3) is 0 Å². The molecule has 2 aliphatic heterocycles. The van der Waals surface area contributed by atoms with E-state index in [1.165, 1.54) is 6.07 Å². The lowest BCUT2D eigenvalue weighted by Gasteiger charge is -2.47. The minimum Gasteiger partial charge on any atom is -0.363 e. The van der Waals surface area contributed by atoms with Gasteiger partial charge in [-0.05, 0) is 12.1 Å². The Morgan fingerprint density at radius 2 is 2.00 bits per heavy atom. The van der Waals surface area contributed by atoms with Crippen LogP contribution in [0.5, 0.6) is 0 Å². The normalized spacial score (nSPS) is 20.8. The molecule has 2 fully saturated rings. The molecule has 0 aromatic heterocycles. The van der Waals surface area contributed by atoms with E-state index in [9.17, 15) is 14.5 Å². The molecule has 1 aromatic carbocycles. The van der Waals surface area contributed by atoms with Crippen molar-refractivity contribution in [1.82, 2.24) is 10.2 Å². The Labute approximate surface area is 116 Å². The largest absolute Gasteiger partial charge is 0.363 e. The maximum Gasteiger partial charge on any atom is 0.327 e. The molecule has 1 aromatic rings. The number of para-hydroxylation sites is 1. The molecule has 2 aliphatic rings. The van der Waals surface area contributed by atoms with E-state index in [4.69, 9.17) is 0 Å². The molecule has 0 atom stereocenters. The van der Waals surface area contributed by atoms with Crippen molar-refractivity contribution in [3.63, 3.8) is 0 Å². The van der Waals surface area contributed by atoms with Crippen molar-refractivity contribution in [3.8, 4) is 0 Å². The van der Waals surface area contributed by atoms with Crippen LogP contribution in [0.25, 0.3) is 0 Å². The van der Waals surface area contributed by atoms with Crippen molar-refractivity contribution in [2.45, 2.75) is 6.04 Å². The van der Waals surface area contributed by atoms with Gasteiger partial charge in [-0.25, -0.2) is 0 Å².